The van der Waals surface area contributed by atoms with Crippen LogP contribution in [0.15, 0.2) is 42.5 Å². The molecule has 5 nitrogen and oxygen atoms in total. The molecule has 0 fully saturated rings. The summed E-state index contributed by atoms with van der Waals surface area (Å²) in [7, 11) is 1.65. The molecule has 2 aromatic rings. The fourth-order valence-corrected chi connectivity index (χ4v) is 2.50. The van der Waals surface area contributed by atoms with Crippen LogP contribution >= 0.6 is 0 Å². The Morgan fingerprint density at radius 2 is 1.70 bits per heavy atom. The van der Waals surface area contributed by atoms with E-state index in [0.29, 0.717) is 11.6 Å². The van der Waals surface area contributed by atoms with Crippen molar-refractivity contribution in [2.24, 2.45) is 0 Å². The highest BCUT2D eigenvalue weighted by molar-refractivity contribution is 5.95. The highest BCUT2D eigenvalue weighted by Gasteiger charge is 2.28. The van der Waals surface area contributed by atoms with E-state index in [1.807, 2.05) is 0 Å². The van der Waals surface area contributed by atoms with Crippen molar-refractivity contribution in [1.82, 2.24) is 10.2 Å². The van der Waals surface area contributed by atoms with E-state index in [4.69, 9.17) is 0 Å². The lowest BCUT2D eigenvalue weighted by atomic mass is 10.1. The lowest BCUT2D eigenvalue weighted by Crippen LogP contribution is -2.39. The Morgan fingerprint density at radius 3 is 2.27 bits per heavy atom. The molecule has 1 atom stereocenters. The van der Waals surface area contributed by atoms with Crippen LogP contribution in [0.2, 0.25) is 0 Å². The summed E-state index contributed by atoms with van der Waals surface area (Å²) < 4.78 is 63.1. The van der Waals surface area contributed by atoms with Crippen LogP contribution in [0.5, 0.6) is 0 Å². The van der Waals surface area contributed by atoms with Crippen molar-refractivity contribution in [3.8, 4) is 0 Å². The van der Waals surface area contributed by atoms with Crippen LogP contribution in [0.1, 0.15) is 22.8 Å². The molecule has 0 bridgehead atoms. The minimum atomic E-state index is -4.49. The number of hydrogen-bond acceptors (Lipinski definition) is 3. The summed E-state index contributed by atoms with van der Waals surface area (Å²) in [5.74, 6) is -3.00. The monoisotopic (exact) mass is 429 g/mol. The molecule has 162 valence electrons. The molecule has 2 amide bonds. The number of halogens is 5. The summed E-state index contributed by atoms with van der Waals surface area (Å²) >= 11 is 0. The molecule has 2 aromatic carbocycles. The summed E-state index contributed by atoms with van der Waals surface area (Å²) in [5.41, 5.74) is 0.636. The minimum Gasteiger partial charge on any atom is -0.343 e. The molecule has 0 saturated heterocycles. The van der Waals surface area contributed by atoms with Gasteiger partial charge >= 0.3 is 6.18 Å². The number of nitrogens with zero attached hydrogens (tertiary/aromatic N) is 1. The number of hydrogen-bond donors (Lipinski definition) is 2. The van der Waals surface area contributed by atoms with E-state index in [2.05, 4.69) is 5.32 Å². The van der Waals surface area contributed by atoms with Crippen LogP contribution in [0.3, 0.4) is 0 Å². The van der Waals surface area contributed by atoms with Gasteiger partial charge in [-0.3, -0.25) is 14.5 Å². The zero-order valence-electron chi connectivity index (χ0n) is 16.2. The number of amides is 2. The fourth-order valence-electron chi connectivity index (χ4n) is 2.50. The number of benzene rings is 2. The molecule has 0 spiro atoms. The van der Waals surface area contributed by atoms with Gasteiger partial charge in [-0.25, -0.2) is 8.78 Å². The van der Waals surface area contributed by atoms with Crippen LogP contribution in [0.4, 0.5) is 27.6 Å². The van der Waals surface area contributed by atoms with Gasteiger partial charge in [0.15, 0.2) is 0 Å². The molecular formula is C20H20F5N3O2. The first-order valence-corrected chi connectivity index (χ1v) is 8.86. The van der Waals surface area contributed by atoms with Crippen LogP contribution in [0.25, 0.3) is 0 Å². The van der Waals surface area contributed by atoms with E-state index in [-0.39, 0.29) is 17.8 Å². The molecule has 2 N–H and O–H groups in total. The predicted octanol–water partition coefficient (Wildman–Crippen LogP) is 3.72. The molecule has 0 radical (unpaired) electrons. The Labute approximate surface area is 169 Å². The van der Waals surface area contributed by atoms with Crippen molar-refractivity contribution in [2.45, 2.75) is 25.7 Å². The van der Waals surface area contributed by atoms with Gasteiger partial charge in [-0.05, 0) is 43.8 Å². The molecule has 0 saturated carbocycles. The molecule has 10 heteroatoms. The maximum atomic E-state index is 13.7. The van der Waals surface area contributed by atoms with Crippen LogP contribution in [-0.2, 0) is 11.3 Å². The van der Waals surface area contributed by atoms with E-state index in [1.54, 1.807) is 36.3 Å². The first-order chi connectivity index (χ1) is 14.0. The molecule has 30 heavy (non-hydrogen) atoms. The first kappa shape index (κ1) is 23.3. The molecule has 0 aliphatic heterocycles. The highest BCUT2D eigenvalue weighted by Crippen LogP contribution is 2.17. The Morgan fingerprint density at radius 1 is 1.07 bits per heavy atom. The molecular weight excluding hydrogens is 409 g/mol. The number of alkyl halides is 3. The summed E-state index contributed by atoms with van der Waals surface area (Å²) in [5, 5.41) is 4.17. The maximum absolute atomic E-state index is 13.7. The first-order valence-electron chi connectivity index (χ1n) is 8.86. The second-order valence-electron chi connectivity index (χ2n) is 6.70. The summed E-state index contributed by atoms with van der Waals surface area (Å²) in [6.45, 7) is 0.457. The third kappa shape index (κ3) is 6.80. The van der Waals surface area contributed by atoms with Gasteiger partial charge < -0.3 is 10.6 Å². The summed E-state index contributed by atoms with van der Waals surface area (Å²) in [6, 6.07) is 8.02. The van der Waals surface area contributed by atoms with E-state index in [0.717, 1.165) is 12.1 Å². The van der Waals surface area contributed by atoms with Crippen molar-refractivity contribution in [2.75, 3.05) is 18.9 Å². The van der Waals surface area contributed by atoms with E-state index < -0.39 is 42.2 Å². The lowest BCUT2D eigenvalue weighted by molar-refractivity contribution is -0.123. The number of rotatable bonds is 7. The number of nitrogens with one attached hydrogen (secondary N) is 2. The normalized spacial score (nSPS) is 12.5. The second-order valence-corrected chi connectivity index (χ2v) is 6.70. The summed E-state index contributed by atoms with van der Waals surface area (Å²) in [4.78, 5) is 25.7. The van der Waals surface area contributed by atoms with Gasteiger partial charge in [-0.15, -0.1) is 0 Å². The third-order valence-corrected chi connectivity index (χ3v) is 4.33. The number of carbonyl (C=O) groups excluding carboxylic acids is 2. The molecule has 0 heterocycles. The average Bonchev–Trinajstić information content (AvgIpc) is 2.67. The van der Waals surface area contributed by atoms with Gasteiger partial charge in [0.2, 0.25) is 5.91 Å². The SMILES string of the molecule is CC(C(=O)Nc1ccc(F)cc1F)N(C)Cc1ccc(C(=O)NCC(F)(F)F)cc1. The molecule has 2 rings (SSSR count). The van der Waals surface area contributed by atoms with Gasteiger partial charge in [-0.1, -0.05) is 12.1 Å². The van der Waals surface area contributed by atoms with Crippen molar-refractivity contribution < 1.29 is 31.5 Å². The quantitative estimate of drug-likeness (QED) is 0.660. The van der Waals surface area contributed by atoms with E-state index in [1.165, 1.54) is 12.1 Å². The number of carbonyl (C=O) groups is 2. The molecule has 1 unspecified atom stereocenters. The minimum absolute atomic E-state index is 0.0724. The summed E-state index contributed by atoms with van der Waals surface area (Å²) in [6.07, 6.45) is -4.49. The number of likely N-dealkylation sites (N-methyl/N-ethyl adjacent to an activating group) is 1. The van der Waals surface area contributed by atoms with Crippen molar-refractivity contribution in [1.29, 1.82) is 0 Å². The highest BCUT2D eigenvalue weighted by atomic mass is 19.4. The zero-order chi connectivity index (χ0) is 22.5. The van der Waals surface area contributed by atoms with Crippen LogP contribution < -0.4 is 10.6 Å². The average molecular weight is 429 g/mol. The van der Waals surface area contributed by atoms with Gasteiger partial charge in [0.1, 0.15) is 18.2 Å². The van der Waals surface area contributed by atoms with Crippen molar-refractivity contribution >= 4 is 17.5 Å². The Kier molecular flexibility index (Phi) is 7.49. The smallest absolute Gasteiger partial charge is 0.343 e. The zero-order valence-corrected chi connectivity index (χ0v) is 16.2. The van der Waals surface area contributed by atoms with Gasteiger partial charge in [0.05, 0.1) is 11.7 Å². The fraction of sp³-hybridized carbons (Fsp3) is 0.300. The van der Waals surface area contributed by atoms with Gasteiger partial charge in [0, 0.05) is 18.2 Å². The van der Waals surface area contributed by atoms with Crippen molar-refractivity contribution in [3.05, 3.63) is 65.2 Å². The standard InChI is InChI=1S/C20H20F5N3O2/c1-12(18(29)27-17-8-7-15(21)9-16(17)22)28(2)10-13-3-5-14(6-4-13)19(30)26-11-20(23,24)25/h3-9,12H,10-11H2,1-2H3,(H,26,30)(H,27,29). The Balaban J connectivity index is 1.93. The van der Waals surface area contributed by atoms with E-state index in [9.17, 15) is 31.5 Å². The Hall–Kier alpha value is -3.01. The predicted molar refractivity (Wildman–Crippen MR) is 101 cm³/mol. The molecule has 0 aliphatic carbocycles. The van der Waals surface area contributed by atoms with Crippen LogP contribution in [-0.4, -0.2) is 42.5 Å². The maximum Gasteiger partial charge on any atom is 0.405 e. The Bertz CT molecular complexity index is 900. The lowest BCUT2D eigenvalue weighted by Gasteiger charge is -2.24. The van der Waals surface area contributed by atoms with Crippen LogP contribution in [0, 0.1) is 11.6 Å². The van der Waals surface area contributed by atoms with Gasteiger partial charge in [0.25, 0.3) is 5.91 Å². The van der Waals surface area contributed by atoms with Gasteiger partial charge in [-0.2, -0.15) is 13.2 Å². The topological polar surface area (TPSA) is 61.4 Å². The largest absolute Gasteiger partial charge is 0.405 e. The molecule has 0 aliphatic rings. The van der Waals surface area contributed by atoms with E-state index >= 15 is 0 Å². The second kappa shape index (κ2) is 9.66. The number of anilines is 1. The molecule has 0 aromatic heterocycles. The third-order valence-electron chi connectivity index (χ3n) is 4.33. The van der Waals surface area contributed by atoms with Crippen molar-refractivity contribution in [3.63, 3.8) is 0 Å².